The van der Waals surface area contributed by atoms with Gasteiger partial charge < -0.3 is 19.5 Å². The Morgan fingerprint density at radius 3 is 2.68 bits per heavy atom. The molecule has 0 aromatic heterocycles. The summed E-state index contributed by atoms with van der Waals surface area (Å²) in [7, 11) is 0. The third-order valence-electron chi connectivity index (χ3n) is 4.12. The van der Waals surface area contributed by atoms with Crippen molar-refractivity contribution in [2.75, 3.05) is 38.2 Å². The molecule has 1 amide bonds. The van der Waals surface area contributed by atoms with Crippen molar-refractivity contribution in [1.29, 1.82) is 0 Å². The number of rotatable bonds is 3. The van der Waals surface area contributed by atoms with Gasteiger partial charge in [0.25, 0.3) is 0 Å². The van der Waals surface area contributed by atoms with Gasteiger partial charge in [-0.25, -0.2) is 0 Å². The number of morpholine rings is 1. The van der Waals surface area contributed by atoms with Crippen LogP contribution in [0.2, 0.25) is 5.02 Å². The lowest BCUT2D eigenvalue weighted by molar-refractivity contribution is -0.136. The van der Waals surface area contributed by atoms with Gasteiger partial charge in [0.2, 0.25) is 5.91 Å². The molecule has 3 rings (SSSR count). The summed E-state index contributed by atoms with van der Waals surface area (Å²) >= 11 is 6.29. The number of nitrogens with one attached hydrogen (secondary N) is 1. The summed E-state index contributed by atoms with van der Waals surface area (Å²) in [6.07, 6.45) is 0.914. The van der Waals surface area contributed by atoms with Crippen LogP contribution in [0.3, 0.4) is 0 Å². The van der Waals surface area contributed by atoms with Crippen LogP contribution in [0.15, 0.2) is 12.1 Å². The Labute approximate surface area is 153 Å². The van der Waals surface area contributed by atoms with Gasteiger partial charge in [0, 0.05) is 31.6 Å². The monoisotopic (exact) mass is 368 g/mol. The molecule has 1 atom stereocenters. The first-order chi connectivity index (χ1) is 11.8. The highest BCUT2D eigenvalue weighted by Gasteiger charge is 2.32. The van der Waals surface area contributed by atoms with Gasteiger partial charge in [-0.05, 0) is 20.8 Å². The molecule has 2 aliphatic heterocycles. The van der Waals surface area contributed by atoms with Crippen molar-refractivity contribution >= 4 is 23.2 Å². The van der Waals surface area contributed by atoms with Crippen LogP contribution in [0.4, 0.5) is 5.69 Å². The Kier molecular flexibility index (Phi) is 5.41. The molecule has 1 fully saturated rings. The maximum atomic E-state index is 12.5. The van der Waals surface area contributed by atoms with E-state index in [1.807, 2.05) is 20.8 Å². The van der Waals surface area contributed by atoms with Gasteiger partial charge >= 0.3 is 0 Å². The topological polar surface area (TPSA) is 60.0 Å². The molecule has 25 heavy (non-hydrogen) atoms. The molecule has 7 heteroatoms. The van der Waals surface area contributed by atoms with Crippen molar-refractivity contribution in [1.82, 2.24) is 4.90 Å². The first-order valence-electron chi connectivity index (χ1n) is 8.61. The Balaban J connectivity index is 1.66. The Morgan fingerprint density at radius 2 is 2.00 bits per heavy atom. The number of fused-ring (bicyclic) bond motifs is 1. The summed E-state index contributed by atoms with van der Waals surface area (Å²) in [5.74, 6) is 1.11. The smallest absolute Gasteiger partial charge is 0.238 e. The van der Waals surface area contributed by atoms with E-state index in [4.69, 9.17) is 25.8 Å². The number of hydrogen-bond acceptors (Lipinski definition) is 5. The number of halogens is 1. The van der Waals surface area contributed by atoms with E-state index in [0.29, 0.717) is 48.5 Å². The average molecular weight is 369 g/mol. The molecule has 0 bridgehead atoms. The minimum atomic E-state index is -0.259. The molecule has 0 aliphatic carbocycles. The lowest BCUT2D eigenvalue weighted by atomic mass is 10.1. The van der Waals surface area contributed by atoms with Crippen molar-refractivity contribution < 1.29 is 19.0 Å². The van der Waals surface area contributed by atoms with E-state index in [1.54, 1.807) is 12.1 Å². The first kappa shape index (κ1) is 18.3. The Morgan fingerprint density at radius 1 is 1.32 bits per heavy atom. The maximum absolute atomic E-state index is 12.5. The van der Waals surface area contributed by atoms with Gasteiger partial charge in [-0.15, -0.1) is 0 Å². The normalized spacial score (nSPS) is 23.0. The highest BCUT2D eigenvalue weighted by molar-refractivity contribution is 6.34. The van der Waals surface area contributed by atoms with Gasteiger partial charge in [0.1, 0.15) is 0 Å². The van der Waals surface area contributed by atoms with Crippen molar-refractivity contribution in [3.05, 3.63) is 17.2 Å². The summed E-state index contributed by atoms with van der Waals surface area (Å²) in [6.45, 7) is 9.00. The Hall–Kier alpha value is -1.50. The molecule has 2 aliphatic rings. The van der Waals surface area contributed by atoms with E-state index < -0.39 is 0 Å². The highest BCUT2D eigenvalue weighted by Crippen LogP contribution is 2.37. The SMILES string of the molecule is C[C@@H]1CN(CC(=O)Nc2cc3c(cc2Cl)OCCCO3)CC(C)(C)O1. The highest BCUT2D eigenvalue weighted by atomic mass is 35.5. The molecule has 138 valence electrons. The standard InChI is InChI=1S/C18H25ClN2O4/c1-12-9-21(11-18(2,3)25-12)10-17(22)20-14-8-16-15(7-13(14)19)23-5-4-6-24-16/h7-8,12H,4-6,9-11H2,1-3H3,(H,20,22)/t12-/m1/s1. The fraction of sp³-hybridized carbons (Fsp3) is 0.611. The predicted octanol–water partition coefficient (Wildman–Crippen LogP) is 2.94. The van der Waals surface area contributed by atoms with Gasteiger partial charge in [0.15, 0.2) is 11.5 Å². The molecule has 0 spiro atoms. The summed E-state index contributed by atoms with van der Waals surface area (Å²) in [4.78, 5) is 14.6. The van der Waals surface area contributed by atoms with Crippen LogP contribution in [-0.2, 0) is 9.53 Å². The van der Waals surface area contributed by atoms with Crippen LogP contribution in [0.1, 0.15) is 27.2 Å². The molecule has 2 heterocycles. The van der Waals surface area contributed by atoms with E-state index in [1.165, 1.54) is 0 Å². The van der Waals surface area contributed by atoms with Crippen LogP contribution in [0.25, 0.3) is 0 Å². The van der Waals surface area contributed by atoms with Crippen molar-refractivity contribution in [3.63, 3.8) is 0 Å². The molecular weight excluding hydrogens is 344 g/mol. The molecule has 1 aromatic carbocycles. The van der Waals surface area contributed by atoms with E-state index in [9.17, 15) is 4.79 Å². The number of carbonyl (C=O) groups is 1. The summed E-state index contributed by atoms with van der Waals surface area (Å²) in [5, 5.41) is 3.32. The van der Waals surface area contributed by atoms with E-state index in [0.717, 1.165) is 13.0 Å². The molecule has 6 nitrogen and oxygen atoms in total. The van der Waals surface area contributed by atoms with Crippen LogP contribution in [0, 0.1) is 0 Å². The van der Waals surface area contributed by atoms with E-state index >= 15 is 0 Å². The lowest BCUT2D eigenvalue weighted by Gasteiger charge is -2.41. The van der Waals surface area contributed by atoms with Gasteiger partial charge in [-0.1, -0.05) is 11.6 Å². The zero-order valence-corrected chi connectivity index (χ0v) is 15.7. The zero-order valence-electron chi connectivity index (χ0n) is 14.9. The van der Waals surface area contributed by atoms with Crippen molar-refractivity contribution in [3.8, 4) is 11.5 Å². The summed E-state index contributed by atoms with van der Waals surface area (Å²) in [6, 6.07) is 3.42. The number of benzene rings is 1. The third kappa shape index (κ3) is 4.77. The van der Waals surface area contributed by atoms with Crippen LogP contribution < -0.4 is 14.8 Å². The second-order valence-corrected chi connectivity index (χ2v) is 7.64. The quantitative estimate of drug-likeness (QED) is 0.888. The summed E-state index contributed by atoms with van der Waals surface area (Å²) < 4.78 is 17.1. The van der Waals surface area contributed by atoms with Gasteiger partial charge in [0.05, 0.1) is 42.2 Å². The van der Waals surface area contributed by atoms with Crippen LogP contribution >= 0.6 is 11.6 Å². The fourth-order valence-corrected chi connectivity index (χ4v) is 3.58. The first-order valence-corrected chi connectivity index (χ1v) is 8.99. The maximum Gasteiger partial charge on any atom is 0.238 e. The minimum absolute atomic E-state index is 0.0955. The van der Waals surface area contributed by atoms with Crippen LogP contribution in [-0.4, -0.2) is 55.4 Å². The zero-order chi connectivity index (χ0) is 18.0. The number of nitrogens with zero attached hydrogens (tertiary/aromatic N) is 1. The average Bonchev–Trinajstić information content (AvgIpc) is 2.70. The third-order valence-corrected chi connectivity index (χ3v) is 4.43. The number of anilines is 1. The van der Waals surface area contributed by atoms with E-state index in [-0.39, 0.29) is 17.6 Å². The van der Waals surface area contributed by atoms with E-state index in [2.05, 4.69) is 10.2 Å². The minimum Gasteiger partial charge on any atom is -0.490 e. The van der Waals surface area contributed by atoms with Gasteiger partial charge in [-0.3, -0.25) is 9.69 Å². The Bertz CT molecular complexity index is 650. The summed E-state index contributed by atoms with van der Waals surface area (Å²) in [5.41, 5.74) is 0.279. The van der Waals surface area contributed by atoms with Gasteiger partial charge in [-0.2, -0.15) is 0 Å². The molecule has 0 unspecified atom stereocenters. The molecular formula is C18H25ClN2O4. The lowest BCUT2D eigenvalue weighted by Crippen LogP contribution is -2.53. The number of amides is 1. The number of ether oxygens (including phenoxy) is 3. The molecule has 0 radical (unpaired) electrons. The van der Waals surface area contributed by atoms with Crippen molar-refractivity contribution in [2.45, 2.75) is 38.9 Å². The molecule has 0 saturated carbocycles. The fourth-order valence-electron chi connectivity index (χ4n) is 3.38. The van der Waals surface area contributed by atoms with Crippen LogP contribution in [0.5, 0.6) is 11.5 Å². The number of carbonyl (C=O) groups excluding carboxylic acids is 1. The second kappa shape index (κ2) is 7.40. The molecule has 1 aromatic rings. The largest absolute Gasteiger partial charge is 0.490 e. The molecule has 1 saturated heterocycles. The predicted molar refractivity (Wildman–Crippen MR) is 96.8 cm³/mol. The van der Waals surface area contributed by atoms with Crippen molar-refractivity contribution in [2.24, 2.45) is 0 Å². The number of hydrogen-bond donors (Lipinski definition) is 1. The second-order valence-electron chi connectivity index (χ2n) is 7.24. The molecule has 1 N–H and O–H groups in total.